The lowest BCUT2D eigenvalue weighted by Gasteiger charge is -2.18. The lowest BCUT2D eigenvalue weighted by Crippen LogP contribution is -2.36. The molecule has 1 amide bonds. The Morgan fingerprint density at radius 2 is 2.16 bits per heavy atom. The van der Waals surface area contributed by atoms with Crippen molar-refractivity contribution in [1.29, 1.82) is 5.26 Å². The zero-order chi connectivity index (χ0) is 18.1. The first kappa shape index (κ1) is 16.4. The van der Waals surface area contributed by atoms with E-state index < -0.39 is 10.5 Å². The summed E-state index contributed by atoms with van der Waals surface area (Å²) >= 11 is 0. The summed E-state index contributed by atoms with van der Waals surface area (Å²) in [6.45, 7) is 1.88. The summed E-state index contributed by atoms with van der Waals surface area (Å²) in [6, 6.07) is 7.85. The number of pyridine rings is 1. The highest BCUT2D eigenvalue weighted by Gasteiger charge is 2.26. The molecule has 0 fully saturated rings. The van der Waals surface area contributed by atoms with Crippen LogP contribution in [0.3, 0.4) is 0 Å². The number of amides is 1. The molecule has 1 aliphatic rings. The molecule has 0 bridgehead atoms. The second kappa shape index (κ2) is 6.20. The SMILES string of the molecule is Cc1ccn(CC(=O)N2CCc3cc([N+](=O)[O-])ccc32)c(=O)c1C#N. The second-order valence-corrected chi connectivity index (χ2v) is 5.78. The van der Waals surface area contributed by atoms with Gasteiger partial charge in [0.1, 0.15) is 18.2 Å². The van der Waals surface area contributed by atoms with Crippen LogP contribution in [0.4, 0.5) is 11.4 Å². The van der Waals surface area contributed by atoms with Gasteiger partial charge < -0.3 is 9.47 Å². The van der Waals surface area contributed by atoms with E-state index in [2.05, 4.69) is 0 Å². The lowest BCUT2D eigenvalue weighted by molar-refractivity contribution is -0.384. The summed E-state index contributed by atoms with van der Waals surface area (Å²) in [5.74, 6) is -0.303. The van der Waals surface area contributed by atoms with Crippen molar-refractivity contribution in [2.45, 2.75) is 19.9 Å². The minimum atomic E-state index is -0.501. The zero-order valence-corrected chi connectivity index (χ0v) is 13.4. The van der Waals surface area contributed by atoms with E-state index in [0.29, 0.717) is 24.2 Å². The van der Waals surface area contributed by atoms with Crippen LogP contribution in [0.25, 0.3) is 0 Å². The Labute approximate surface area is 142 Å². The first-order valence-electron chi connectivity index (χ1n) is 7.60. The van der Waals surface area contributed by atoms with Gasteiger partial charge in [-0.1, -0.05) is 0 Å². The van der Waals surface area contributed by atoms with Crippen molar-refractivity contribution in [2.75, 3.05) is 11.4 Å². The normalized spacial score (nSPS) is 12.6. The fraction of sp³-hybridized carbons (Fsp3) is 0.235. The van der Waals surface area contributed by atoms with E-state index in [4.69, 9.17) is 5.26 Å². The number of anilines is 1. The van der Waals surface area contributed by atoms with E-state index in [9.17, 15) is 19.7 Å². The van der Waals surface area contributed by atoms with E-state index in [1.165, 1.54) is 27.8 Å². The topological polar surface area (TPSA) is 109 Å². The molecule has 1 aliphatic heterocycles. The Balaban J connectivity index is 1.87. The summed E-state index contributed by atoms with van der Waals surface area (Å²) in [5.41, 5.74) is 1.43. The molecule has 1 aromatic carbocycles. The first-order valence-corrected chi connectivity index (χ1v) is 7.60. The van der Waals surface area contributed by atoms with E-state index in [1.807, 2.05) is 6.07 Å². The van der Waals surface area contributed by atoms with Crippen LogP contribution in [0.2, 0.25) is 0 Å². The number of hydrogen-bond donors (Lipinski definition) is 0. The quantitative estimate of drug-likeness (QED) is 0.622. The standard InChI is InChI=1S/C17H14N4O4/c1-11-4-6-19(17(23)14(11)9-18)10-16(22)20-7-5-12-8-13(21(24)25)2-3-15(12)20/h2-4,6,8H,5,7,10H2,1H3. The number of benzene rings is 1. The van der Waals surface area contributed by atoms with Gasteiger partial charge in [0.05, 0.1) is 4.92 Å². The van der Waals surface area contributed by atoms with Crippen molar-refractivity contribution in [3.05, 3.63) is 67.6 Å². The largest absolute Gasteiger partial charge is 0.310 e. The van der Waals surface area contributed by atoms with Gasteiger partial charge in [0.2, 0.25) is 5.91 Å². The van der Waals surface area contributed by atoms with Crippen LogP contribution < -0.4 is 10.5 Å². The van der Waals surface area contributed by atoms with Crippen LogP contribution in [0.15, 0.2) is 35.3 Å². The monoisotopic (exact) mass is 338 g/mol. The molecule has 2 heterocycles. The van der Waals surface area contributed by atoms with E-state index in [1.54, 1.807) is 19.1 Å². The fourth-order valence-electron chi connectivity index (χ4n) is 2.92. The average Bonchev–Trinajstić information content (AvgIpc) is 3.01. The molecule has 0 aliphatic carbocycles. The molecular weight excluding hydrogens is 324 g/mol. The number of rotatable bonds is 3. The molecule has 0 saturated carbocycles. The summed E-state index contributed by atoms with van der Waals surface area (Å²) in [4.78, 5) is 36.7. The number of non-ortho nitro benzene ring substituents is 1. The van der Waals surface area contributed by atoms with Gasteiger partial charge in [0.25, 0.3) is 11.2 Å². The Kier molecular flexibility index (Phi) is 4.07. The van der Waals surface area contributed by atoms with Gasteiger partial charge >= 0.3 is 0 Å². The van der Waals surface area contributed by atoms with Gasteiger partial charge in [0, 0.05) is 30.6 Å². The minimum absolute atomic E-state index is 0.0125. The Bertz CT molecular complexity index is 987. The third kappa shape index (κ3) is 2.87. The van der Waals surface area contributed by atoms with E-state index in [0.717, 1.165) is 5.56 Å². The van der Waals surface area contributed by atoms with Crippen molar-refractivity contribution >= 4 is 17.3 Å². The average molecular weight is 338 g/mol. The Hall–Kier alpha value is -3.47. The maximum absolute atomic E-state index is 12.6. The van der Waals surface area contributed by atoms with Gasteiger partial charge in [-0.15, -0.1) is 0 Å². The van der Waals surface area contributed by atoms with E-state index >= 15 is 0 Å². The van der Waals surface area contributed by atoms with Crippen molar-refractivity contribution in [1.82, 2.24) is 4.57 Å². The second-order valence-electron chi connectivity index (χ2n) is 5.78. The molecule has 8 nitrogen and oxygen atoms in total. The number of carbonyl (C=O) groups is 1. The number of aromatic nitrogens is 1. The van der Waals surface area contributed by atoms with Crippen LogP contribution in [-0.4, -0.2) is 21.9 Å². The third-order valence-corrected chi connectivity index (χ3v) is 4.26. The molecule has 3 rings (SSSR count). The zero-order valence-electron chi connectivity index (χ0n) is 13.4. The highest BCUT2D eigenvalue weighted by molar-refractivity contribution is 5.95. The minimum Gasteiger partial charge on any atom is -0.310 e. The van der Waals surface area contributed by atoms with E-state index in [-0.39, 0.29) is 23.7 Å². The lowest BCUT2D eigenvalue weighted by atomic mass is 10.1. The highest BCUT2D eigenvalue weighted by Crippen LogP contribution is 2.31. The predicted octanol–water partition coefficient (Wildman–Crippen LogP) is 1.53. The third-order valence-electron chi connectivity index (χ3n) is 4.26. The molecule has 0 unspecified atom stereocenters. The summed E-state index contributed by atoms with van der Waals surface area (Å²) in [7, 11) is 0. The van der Waals surface area contributed by atoms with Crippen molar-refractivity contribution in [3.8, 4) is 6.07 Å². The maximum Gasteiger partial charge on any atom is 0.269 e. The molecule has 0 spiro atoms. The Morgan fingerprint density at radius 3 is 2.84 bits per heavy atom. The maximum atomic E-state index is 12.6. The summed E-state index contributed by atoms with van der Waals surface area (Å²) in [5, 5.41) is 19.9. The molecule has 8 heteroatoms. The molecular formula is C17H14N4O4. The molecule has 0 atom stereocenters. The first-order chi connectivity index (χ1) is 11.9. The number of fused-ring (bicyclic) bond motifs is 1. The van der Waals surface area contributed by atoms with Crippen LogP contribution >= 0.6 is 0 Å². The van der Waals surface area contributed by atoms with Crippen molar-refractivity contribution in [3.63, 3.8) is 0 Å². The molecule has 126 valence electrons. The van der Waals surface area contributed by atoms with Crippen LogP contribution in [0, 0.1) is 28.4 Å². The number of nitro benzene ring substituents is 1. The van der Waals surface area contributed by atoms with Gasteiger partial charge in [-0.3, -0.25) is 19.7 Å². The smallest absolute Gasteiger partial charge is 0.269 e. The predicted molar refractivity (Wildman–Crippen MR) is 89.3 cm³/mol. The van der Waals surface area contributed by atoms with Crippen molar-refractivity contribution in [2.24, 2.45) is 0 Å². The number of aryl methyl sites for hydroxylation is 1. The van der Waals surface area contributed by atoms with Gasteiger partial charge in [-0.2, -0.15) is 5.26 Å². The summed E-state index contributed by atoms with van der Waals surface area (Å²) in [6.07, 6.45) is 2.01. The number of carbonyl (C=O) groups excluding carboxylic acids is 1. The molecule has 2 aromatic rings. The van der Waals surface area contributed by atoms with Gasteiger partial charge in [0.15, 0.2) is 0 Å². The number of nitriles is 1. The molecule has 0 saturated heterocycles. The fourth-order valence-corrected chi connectivity index (χ4v) is 2.92. The van der Waals surface area contributed by atoms with Gasteiger partial charge in [-0.25, -0.2) is 0 Å². The molecule has 1 aromatic heterocycles. The summed E-state index contributed by atoms with van der Waals surface area (Å²) < 4.78 is 1.21. The number of hydrogen-bond acceptors (Lipinski definition) is 5. The Morgan fingerprint density at radius 1 is 1.40 bits per heavy atom. The highest BCUT2D eigenvalue weighted by atomic mass is 16.6. The molecule has 0 radical (unpaired) electrons. The van der Waals surface area contributed by atoms with Crippen LogP contribution in [-0.2, 0) is 17.8 Å². The molecule has 0 N–H and O–H groups in total. The number of nitro groups is 1. The van der Waals surface area contributed by atoms with Crippen molar-refractivity contribution < 1.29 is 9.72 Å². The van der Waals surface area contributed by atoms with Gasteiger partial charge in [-0.05, 0) is 36.6 Å². The molecule has 25 heavy (non-hydrogen) atoms. The van der Waals surface area contributed by atoms with Crippen LogP contribution in [0.5, 0.6) is 0 Å². The number of nitrogens with zero attached hydrogens (tertiary/aromatic N) is 4. The van der Waals surface area contributed by atoms with Crippen LogP contribution in [0.1, 0.15) is 16.7 Å².